The van der Waals surface area contributed by atoms with Crippen molar-refractivity contribution in [2.75, 3.05) is 0 Å². The van der Waals surface area contributed by atoms with Crippen LogP contribution in [-0.4, -0.2) is 25.2 Å². The zero-order valence-electron chi connectivity index (χ0n) is 15.6. The standard InChI is InChI=1S/C22H16N6O/c1-27-25-22(24-26-27)21-20(16-10-7-13-28(29)14-16)19(15-8-3-2-4-9-15)17-11-5-6-12-18(17)23-21/h2-14H,1H3. The Morgan fingerprint density at radius 3 is 2.38 bits per heavy atom. The zero-order valence-corrected chi connectivity index (χ0v) is 15.6. The lowest BCUT2D eigenvalue weighted by Gasteiger charge is -2.16. The summed E-state index contributed by atoms with van der Waals surface area (Å²) in [4.78, 5) is 6.26. The molecule has 0 N–H and O–H groups in total. The van der Waals surface area contributed by atoms with Crippen LogP contribution in [0.25, 0.3) is 44.7 Å². The second kappa shape index (κ2) is 6.79. The molecule has 140 valence electrons. The predicted molar refractivity (Wildman–Crippen MR) is 109 cm³/mol. The summed E-state index contributed by atoms with van der Waals surface area (Å²) in [5, 5.41) is 25.6. The maximum Gasteiger partial charge on any atom is 0.223 e. The lowest BCUT2D eigenvalue weighted by Crippen LogP contribution is -2.24. The SMILES string of the molecule is Cn1nnc(-c2nc3ccccc3c(-c3ccccc3)c2-c2ccc[n+]([O-])c2)n1. The number of benzene rings is 2. The molecular formula is C22H16N6O. The van der Waals surface area contributed by atoms with Crippen LogP contribution in [0.1, 0.15) is 0 Å². The van der Waals surface area contributed by atoms with Crippen LogP contribution in [0.2, 0.25) is 0 Å². The molecule has 0 unspecified atom stereocenters. The van der Waals surface area contributed by atoms with Crippen LogP contribution in [-0.2, 0) is 7.05 Å². The molecule has 5 rings (SSSR count). The fourth-order valence-electron chi connectivity index (χ4n) is 3.54. The van der Waals surface area contributed by atoms with Crippen LogP contribution in [0.3, 0.4) is 0 Å². The average Bonchev–Trinajstić information content (AvgIpc) is 3.19. The minimum absolute atomic E-state index is 0.409. The van der Waals surface area contributed by atoms with Gasteiger partial charge in [0, 0.05) is 28.1 Å². The summed E-state index contributed by atoms with van der Waals surface area (Å²) in [6.07, 6.45) is 3.00. The van der Waals surface area contributed by atoms with Crippen molar-refractivity contribution < 1.29 is 4.73 Å². The summed E-state index contributed by atoms with van der Waals surface area (Å²) in [7, 11) is 1.71. The molecule has 5 aromatic rings. The average molecular weight is 380 g/mol. The van der Waals surface area contributed by atoms with Crippen LogP contribution < -0.4 is 4.73 Å². The van der Waals surface area contributed by atoms with Crippen molar-refractivity contribution in [3.8, 4) is 33.8 Å². The Kier molecular flexibility index (Phi) is 3.98. The monoisotopic (exact) mass is 380 g/mol. The molecule has 0 bridgehead atoms. The van der Waals surface area contributed by atoms with Gasteiger partial charge in [-0.05, 0) is 22.9 Å². The number of hydrogen-bond acceptors (Lipinski definition) is 5. The van der Waals surface area contributed by atoms with Crippen molar-refractivity contribution in [2.24, 2.45) is 7.05 Å². The first-order chi connectivity index (χ1) is 14.2. The van der Waals surface area contributed by atoms with Crippen LogP contribution in [0, 0.1) is 5.21 Å². The van der Waals surface area contributed by atoms with Crippen molar-refractivity contribution in [2.45, 2.75) is 0 Å². The molecule has 3 aromatic heterocycles. The van der Waals surface area contributed by atoms with E-state index in [0.29, 0.717) is 11.5 Å². The molecule has 0 spiro atoms. The fourth-order valence-corrected chi connectivity index (χ4v) is 3.54. The third-order valence-electron chi connectivity index (χ3n) is 4.74. The molecule has 0 saturated heterocycles. The predicted octanol–water partition coefficient (Wildman–Crippen LogP) is 3.39. The van der Waals surface area contributed by atoms with Crippen molar-refractivity contribution in [3.05, 3.63) is 84.3 Å². The van der Waals surface area contributed by atoms with E-state index in [1.54, 1.807) is 13.1 Å². The first-order valence-electron chi connectivity index (χ1n) is 9.12. The highest BCUT2D eigenvalue weighted by Crippen LogP contribution is 2.41. The van der Waals surface area contributed by atoms with E-state index in [9.17, 15) is 5.21 Å². The summed E-state index contributed by atoms with van der Waals surface area (Å²) in [6, 6.07) is 21.6. The normalized spacial score (nSPS) is 11.1. The Hall–Kier alpha value is -4.13. The number of rotatable bonds is 3. The highest BCUT2D eigenvalue weighted by molar-refractivity contribution is 6.06. The first kappa shape index (κ1) is 17.0. The number of aryl methyl sites for hydroxylation is 1. The molecule has 0 radical (unpaired) electrons. The van der Waals surface area contributed by atoms with Gasteiger partial charge in [-0.2, -0.15) is 9.53 Å². The number of fused-ring (bicyclic) bond motifs is 1. The molecular weight excluding hydrogens is 364 g/mol. The molecule has 29 heavy (non-hydrogen) atoms. The number of aromatic nitrogens is 6. The van der Waals surface area contributed by atoms with E-state index >= 15 is 0 Å². The maximum atomic E-state index is 12.1. The Balaban J connectivity index is 1.97. The Bertz CT molecular complexity index is 1330. The molecule has 0 amide bonds. The van der Waals surface area contributed by atoms with Gasteiger partial charge in [-0.15, -0.1) is 10.2 Å². The number of tetrazole rings is 1. The van der Waals surface area contributed by atoms with Crippen molar-refractivity contribution in [1.82, 2.24) is 25.2 Å². The van der Waals surface area contributed by atoms with Gasteiger partial charge in [-0.3, -0.25) is 0 Å². The van der Waals surface area contributed by atoms with Crippen molar-refractivity contribution in [3.63, 3.8) is 0 Å². The minimum atomic E-state index is 0.409. The molecule has 7 nitrogen and oxygen atoms in total. The third-order valence-corrected chi connectivity index (χ3v) is 4.74. The molecule has 0 aliphatic heterocycles. The molecule has 0 atom stereocenters. The van der Waals surface area contributed by atoms with Crippen LogP contribution in [0.15, 0.2) is 79.1 Å². The lowest BCUT2D eigenvalue weighted by molar-refractivity contribution is -0.604. The van der Waals surface area contributed by atoms with Crippen LogP contribution in [0.5, 0.6) is 0 Å². The molecule has 0 aliphatic carbocycles. The van der Waals surface area contributed by atoms with Gasteiger partial charge in [0.05, 0.1) is 12.6 Å². The highest BCUT2D eigenvalue weighted by atomic mass is 16.5. The number of para-hydroxylation sites is 1. The van der Waals surface area contributed by atoms with E-state index in [2.05, 4.69) is 15.4 Å². The van der Waals surface area contributed by atoms with Gasteiger partial charge in [0.25, 0.3) is 0 Å². The summed E-state index contributed by atoms with van der Waals surface area (Å²) in [6.45, 7) is 0. The highest BCUT2D eigenvalue weighted by Gasteiger charge is 2.23. The van der Waals surface area contributed by atoms with Gasteiger partial charge in [0.2, 0.25) is 5.82 Å². The van der Waals surface area contributed by atoms with Gasteiger partial charge in [-0.1, -0.05) is 48.5 Å². The van der Waals surface area contributed by atoms with Gasteiger partial charge in [-0.25, -0.2) is 4.98 Å². The lowest BCUT2D eigenvalue weighted by atomic mass is 9.90. The fraction of sp³-hybridized carbons (Fsp3) is 0.0455. The van der Waals surface area contributed by atoms with Crippen LogP contribution >= 0.6 is 0 Å². The van der Waals surface area contributed by atoms with Gasteiger partial charge < -0.3 is 5.21 Å². The largest absolute Gasteiger partial charge is 0.619 e. The van der Waals surface area contributed by atoms with E-state index in [1.165, 1.54) is 17.2 Å². The van der Waals surface area contributed by atoms with E-state index in [0.717, 1.165) is 37.9 Å². The number of hydrogen-bond donors (Lipinski definition) is 0. The van der Waals surface area contributed by atoms with Crippen molar-refractivity contribution >= 4 is 10.9 Å². The quantitative estimate of drug-likeness (QED) is 0.354. The van der Waals surface area contributed by atoms with Gasteiger partial charge >= 0.3 is 0 Å². The minimum Gasteiger partial charge on any atom is -0.619 e. The topological polar surface area (TPSA) is 83.4 Å². The summed E-state index contributed by atoms with van der Waals surface area (Å²) in [5.41, 5.74) is 4.94. The molecule has 3 heterocycles. The molecule has 0 saturated carbocycles. The Morgan fingerprint density at radius 2 is 1.62 bits per heavy atom. The summed E-state index contributed by atoms with van der Waals surface area (Å²) >= 11 is 0. The molecule has 2 aromatic carbocycles. The Morgan fingerprint density at radius 1 is 0.862 bits per heavy atom. The van der Waals surface area contributed by atoms with Gasteiger partial charge in [0.1, 0.15) is 5.69 Å². The van der Waals surface area contributed by atoms with E-state index < -0.39 is 0 Å². The number of pyridine rings is 2. The first-order valence-corrected chi connectivity index (χ1v) is 9.12. The summed E-state index contributed by atoms with van der Waals surface area (Å²) < 4.78 is 0.785. The smallest absolute Gasteiger partial charge is 0.223 e. The molecule has 0 aliphatic rings. The zero-order chi connectivity index (χ0) is 19.8. The Labute approximate surface area is 166 Å². The van der Waals surface area contributed by atoms with Gasteiger partial charge in [0.15, 0.2) is 12.4 Å². The third kappa shape index (κ3) is 2.98. The molecule has 7 heteroatoms. The van der Waals surface area contributed by atoms with Crippen LogP contribution in [0.4, 0.5) is 0 Å². The van der Waals surface area contributed by atoms with Crippen molar-refractivity contribution in [1.29, 1.82) is 0 Å². The second-order valence-electron chi connectivity index (χ2n) is 6.65. The maximum absolute atomic E-state index is 12.1. The summed E-state index contributed by atoms with van der Waals surface area (Å²) in [5.74, 6) is 0.409. The van der Waals surface area contributed by atoms with E-state index in [-0.39, 0.29) is 0 Å². The molecule has 0 fully saturated rings. The number of nitrogens with zero attached hydrogens (tertiary/aromatic N) is 6. The second-order valence-corrected chi connectivity index (χ2v) is 6.65. The van der Waals surface area contributed by atoms with E-state index in [4.69, 9.17) is 4.98 Å². The van der Waals surface area contributed by atoms with E-state index in [1.807, 2.05) is 60.7 Å².